The number of carboxylic acids is 3. The second-order valence-corrected chi connectivity index (χ2v) is 12.4. The smallest absolute Gasteiger partial charge is 0.395 e. The third-order valence-corrected chi connectivity index (χ3v) is 8.17. The second kappa shape index (κ2) is 21.0. The van der Waals surface area contributed by atoms with Crippen LogP contribution in [0, 0.1) is 0 Å². The number of aromatic carboxylic acids is 1. The molecule has 16 nitrogen and oxygen atoms in total. The van der Waals surface area contributed by atoms with Gasteiger partial charge in [-0.1, -0.05) is 68.3 Å². The minimum absolute atomic E-state index is 0.0122. The maximum absolute atomic E-state index is 13.8. The van der Waals surface area contributed by atoms with Crippen LogP contribution in [0.15, 0.2) is 78.9 Å². The van der Waals surface area contributed by atoms with Gasteiger partial charge in [0.05, 0.1) is 23.4 Å². The predicted molar refractivity (Wildman–Crippen MR) is 200 cm³/mol. The molecule has 5 amide bonds. The molecule has 0 spiro atoms. The molecule has 55 heavy (non-hydrogen) atoms. The summed E-state index contributed by atoms with van der Waals surface area (Å²) < 4.78 is 0. The number of hydrogen-bond acceptors (Lipinski definition) is 8. The summed E-state index contributed by atoms with van der Waals surface area (Å²) in [6.45, 7) is 2.28. The third kappa shape index (κ3) is 13.3. The van der Waals surface area contributed by atoms with Crippen molar-refractivity contribution in [3.8, 4) is 0 Å². The number of hydrogen-bond donors (Lipinski definition) is 7. The van der Waals surface area contributed by atoms with Gasteiger partial charge in [-0.3, -0.25) is 33.7 Å². The van der Waals surface area contributed by atoms with Gasteiger partial charge >= 0.3 is 23.8 Å². The molecule has 0 saturated heterocycles. The molecule has 2 unspecified atom stereocenters. The monoisotopic (exact) mass is 757 g/mol. The van der Waals surface area contributed by atoms with Gasteiger partial charge in [-0.2, -0.15) is 0 Å². The zero-order valence-electron chi connectivity index (χ0n) is 30.0. The molecule has 0 radical (unpaired) electrons. The summed E-state index contributed by atoms with van der Waals surface area (Å²) in [7, 11) is 0. The van der Waals surface area contributed by atoms with E-state index in [1.54, 1.807) is 30.3 Å². The normalized spacial score (nSPS) is 11.9. The summed E-state index contributed by atoms with van der Waals surface area (Å²) in [4.78, 5) is 101. The number of anilines is 2. The van der Waals surface area contributed by atoms with E-state index in [0.29, 0.717) is 29.0 Å². The Balaban J connectivity index is 2.08. The first kappa shape index (κ1) is 42.6. The first-order valence-electron chi connectivity index (χ1n) is 17.3. The fourth-order valence-electron chi connectivity index (χ4n) is 5.51. The number of nitrogens with two attached hydrogens (primary N) is 1. The third-order valence-electron chi connectivity index (χ3n) is 8.17. The van der Waals surface area contributed by atoms with Crippen molar-refractivity contribution in [3.05, 3.63) is 101 Å². The van der Waals surface area contributed by atoms with Crippen LogP contribution in [0.5, 0.6) is 0 Å². The van der Waals surface area contributed by atoms with Crippen molar-refractivity contribution < 1.29 is 53.7 Å². The molecule has 2 atom stereocenters. The van der Waals surface area contributed by atoms with Crippen LogP contribution in [0.3, 0.4) is 0 Å². The highest BCUT2D eigenvalue weighted by atomic mass is 16.4. The van der Waals surface area contributed by atoms with Crippen molar-refractivity contribution in [1.29, 1.82) is 0 Å². The average Bonchev–Trinajstić information content (AvgIpc) is 3.15. The molecule has 16 heteroatoms. The highest BCUT2D eigenvalue weighted by molar-refractivity contribution is 6.39. The van der Waals surface area contributed by atoms with Crippen molar-refractivity contribution >= 4 is 64.9 Å². The van der Waals surface area contributed by atoms with Crippen LogP contribution >= 0.6 is 0 Å². The Labute approximate surface area is 316 Å². The minimum Gasteiger partial charge on any atom is -0.481 e. The topological polar surface area (TPSA) is 263 Å². The summed E-state index contributed by atoms with van der Waals surface area (Å²) in [5.74, 6) is -8.96. The van der Waals surface area contributed by atoms with Crippen LogP contribution in [0.2, 0.25) is 0 Å². The van der Waals surface area contributed by atoms with Crippen LogP contribution in [0.1, 0.15) is 66.1 Å². The number of aliphatic carboxylic acids is 2. The van der Waals surface area contributed by atoms with E-state index >= 15 is 0 Å². The maximum Gasteiger partial charge on any atom is 0.395 e. The van der Waals surface area contributed by atoms with E-state index in [2.05, 4.69) is 16.0 Å². The number of nitrogens with one attached hydrogen (secondary N) is 3. The quantitative estimate of drug-likeness (QED) is 0.0500. The molecule has 3 aromatic rings. The van der Waals surface area contributed by atoms with E-state index in [-0.39, 0.29) is 36.2 Å². The van der Waals surface area contributed by atoms with Gasteiger partial charge in [0.1, 0.15) is 12.1 Å². The minimum atomic E-state index is -1.91. The Kier molecular flexibility index (Phi) is 16.3. The first-order chi connectivity index (χ1) is 26.2. The molecule has 0 heterocycles. The van der Waals surface area contributed by atoms with Crippen molar-refractivity contribution in [2.75, 3.05) is 11.4 Å². The molecule has 0 aliphatic carbocycles. The number of rotatable bonds is 20. The van der Waals surface area contributed by atoms with Crippen LogP contribution < -0.4 is 26.6 Å². The molecule has 0 bridgehead atoms. The van der Waals surface area contributed by atoms with Gasteiger partial charge in [0, 0.05) is 31.9 Å². The number of benzene rings is 3. The lowest BCUT2D eigenvalue weighted by Gasteiger charge is -2.26. The molecule has 0 aliphatic heterocycles. The Morgan fingerprint density at radius 2 is 1.40 bits per heavy atom. The number of carbonyl (C=O) groups excluding carboxylic acids is 5. The fraction of sp³-hybridized carbons (Fsp3) is 0.282. The van der Waals surface area contributed by atoms with Crippen LogP contribution in [0.25, 0.3) is 6.08 Å². The van der Waals surface area contributed by atoms with Gasteiger partial charge in [-0.25, -0.2) is 9.59 Å². The molecule has 3 rings (SSSR count). The summed E-state index contributed by atoms with van der Waals surface area (Å²) in [6, 6.07) is 15.6. The molecule has 3 aromatic carbocycles. The Bertz CT molecular complexity index is 1930. The van der Waals surface area contributed by atoms with Gasteiger partial charge in [0.25, 0.3) is 0 Å². The van der Waals surface area contributed by atoms with Crippen molar-refractivity contribution in [2.45, 2.75) is 64.0 Å². The van der Waals surface area contributed by atoms with E-state index in [1.807, 2.05) is 6.92 Å². The fourth-order valence-corrected chi connectivity index (χ4v) is 5.51. The predicted octanol–water partition coefficient (Wildman–Crippen LogP) is 2.56. The molecule has 0 aliphatic rings. The number of carboxylic acid groups (broad SMARTS) is 3. The maximum atomic E-state index is 13.8. The largest absolute Gasteiger partial charge is 0.481 e. The van der Waals surface area contributed by atoms with E-state index in [4.69, 9.17) is 10.8 Å². The highest BCUT2D eigenvalue weighted by Crippen LogP contribution is 2.33. The molecular weight excluding hydrogens is 714 g/mol. The van der Waals surface area contributed by atoms with E-state index < -0.39 is 71.5 Å². The first-order valence-corrected chi connectivity index (χ1v) is 17.3. The lowest BCUT2D eigenvalue weighted by molar-refractivity contribution is -0.148. The molecule has 290 valence electrons. The van der Waals surface area contributed by atoms with Gasteiger partial charge in [-0.05, 0) is 53.5 Å². The summed E-state index contributed by atoms with van der Waals surface area (Å²) in [5.41, 5.74) is 5.59. The Morgan fingerprint density at radius 1 is 0.745 bits per heavy atom. The van der Waals surface area contributed by atoms with Crippen molar-refractivity contribution in [1.82, 2.24) is 16.0 Å². The van der Waals surface area contributed by atoms with Crippen LogP contribution in [0.4, 0.5) is 11.4 Å². The van der Waals surface area contributed by atoms with Gasteiger partial charge in [-0.15, -0.1) is 0 Å². The Morgan fingerprint density at radius 3 is 2.04 bits per heavy atom. The molecule has 0 saturated carbocycles. The molecule has 0 fully saturated rings. The molecular formula is C39H43N5O11. The Hall–Kier alpha value is -6.84. The van der Waals surface area contributed by atoms with Crippen molar-refractivity contribution in [3.63, 3.8) is 0 Å². The summed E-state index contributed by atoms with van der Waals surface area (Å²) >= 11 is 0. The molecule has 8 N–H and O–H groups in total. The van der Waals surface area contributed by atoms with Gasteiger partial charge in [0.15, 0.2) is 0 Å². The number of primary amides is 1. The van der Waals surface area contributed by atoms with Crippen LogP contribution in [-0.4, -0.2) is 81.4 Å². The van der Waals surface area contributed by atoms with Gasteiger partial charge in [0.2, 0.25) is 23.6 Å². The SMILES string of the molecule is CCCCCNC(=O)C(Cc1ccc(N(C(=O)C(=O)O)c2ccccc2C(=O)O)c(/C=C/C(N)=O)c1)NC(=O)C(Cc1ccccc1)NC(=O)CCC(=O)O. The average molecular weight is 758 g/mol. The number of nitrogens with zero attached hydrogens (tertiary/aromatic N) is 1. The summed E-state index contributed by atoms with van der Waals surface area (Å²) in [6.07, 6.45) is 3.46. The highest BCUT2D eigenvalue weighted by Gasteiger charge is 2.31. The zero-order chi connectivity index (χ0) is 40.5. The number of amides is 5. The van der Waals surface area contributed by atoms with Crippen molar-refractivity contribution in [2.24, 2.45) is 5.73 Å². The summed E-state index contributed by atoms with van der Waals surface area (Å²) in [5, 5.41) is 36.6. The second-order valence-electron chi connectivity index (χ2n) is 12.4. The molecule has 0 aromatic heterocycles. The van der Waals surface area contributed by atoms with Crippen LogP contribution in [-0.2, 0) is 46.4 Å². The number of unbranched alkanes of at least 4 members (excludes halogenated alkanes) is 2. The van der Waals surface area contributed by atoms with Gasteiger partial charge < -0.3 is 37.0 Å². The zero-order valence-corrected chi connectivity index (χ0v) is 30.0. The standard InChI is InChI=1S/C39H43N5O11/c1-2-3-9-20-41-35(49)28(43-36(50)29(22-24-10-5-4-6-11-24)42-33(46)18-19-34(47)48)23-25-14-16-30(26(21-25)15-17-32(40)45)44(37(51)39(54)55)31-13-8-7-12-27(31)38(52)53/h4-8,10-17,21,28-29H,2-3,9,18-20,22-23H2,1H3,(H2,40,45)(H,41,49)(H,42,46)(H,43,50)(H,47,48)(H,52,53)(H,54,55)/b17-15+. The lowest BCUT2D eigenvalue weighted by atomic mass is 9.98. The number of carbonyl (C=O) groups is 8. The lowest BCUT2D eigenvalue weighted by Crippen LogP contribution is -2.55. The van der Waals surface area contributed by atoms with E-state index in [9.17, 15) is 48.6 Å². The number of para-hydroxylation sites is 1. The van der Waals surface area contributed by atoms with E-state index in [1.165, 1.54) is 48.5 Å². The van der Waals surface area contributed by atoms with E-state index in [0.717, 1.165) is 18.9 Å².